The number of alkyl halides is 1. The van der Waals surface area contributed by atoms with E-state index in [2.05, 4.69) is 6.92 Å². The molecule has 0 bridgehead atoms. The molecule has 0 saturated heterocycles. The quantitative estimate of drug-likeness (QED) is 0.318. The first-order valence-electron chi connectivity index (χ1n) is 3.23. The summed E-state index contributed by atoms with van der Waals surface area (Å²) >= 11 is 5.25. The Bertz CT molecular complexity index is 85.7. The molecule has 0 fully saturated rings. The van der Waals surface area contributed by atoms with Gasteiger partial charge in [0.15, 0.2) is 0 Å². The van der Waals surface area contributed by atoms with Gasteiger partial charge in [0, 0.05) is 26.2 Å². The van der Waals surface area contributed by atoms with Crippen molar-refractivity contribution in [3.05, 3.63) is 6.42 Å². The van der Waals surface area contributed by atoms with Crippen molar-refractivity contribution in [2.75, 3.05) is 5.88 Å². The van der Waals surface area contributed by atoms with Crippen molar-refractivity contribution in [2.24, 2.45) is 0 Å². The standard InChI is InChI=1S/C7H12ClO.Pd/c1-2-3-4-5-7(9)6-8;/h5H,2-4,6H2,1H3;/q-1;. The summed E-state index contributed by atoms with van der Waals surface area (Å²) < 4.78 is 0. The van der Waals surface area contributed by atoms with Crippen LogP contribution in [0.5, 0.6) is 0 Å². The fraction of sp³-hybridized carbons (Fsp3) is 0.714. The third-order valence-electron chi connectivity index (χ3n) is 1.06. The Kier molecular flexibility index (Phi) is 12.4. The van der Waals surface area contributed by atoms with Gasteiger partial charge in [-0.15, -0.1) is 11.6 Å². The zero-order valence-corrected chi connectivity index (χ0v) is 8.32. The Hall–Kier alpha value is 0.492. The van der Waals surface area contributed by atoms with E-state index in [4.69, 9.17) is 11.6 Å². The summed E-state index contributed by atoms with van der Waals surface area (Å²) in [6.07, 6.45) is 4.76. The second-order valence-corrected chi connectivity index (χ2v) is 2.21. The molecule has 0 heterocycles. The molecule has 0 amide bonds. The second-order valence-electron chi connectivity index (χ2n) is 1.95. The predicted molar refractivity (Wildman–Crippen MR) is 39.6 cm³/mol. The molecule has 0 aromatic rings. The summed E-state index contributed by atoms with van der Waals surface area (Å²) in [6, 6.07) is 0. The molecular formula is C7H12ClOPd-. The van der Waals surface area contributed by atoms with Crippen molar-refractivity contribution >= 4 is 17.4 Å². The van der Waals surface area contributed by atoms with Crippen LogP contribution in [-0.4, -0.2) is 11.7 Å². The van der Waals surface area contributed by atoms with Gasteiger partial charge in [-0.2, -0.15) is 6.42 Å². The van der Waals surface area contributed by atoms with E-state index >= 15 is 0 Å². The molecule has 0 radical (unpaired) electrons. The largest absolute Gasteiger partial charge is 0.333 e. The van der Waals surface area contributed by atoms with E-state index in [0.29, 0.717) is 0 Å². The van der Waals surface area contributed by atoms with Gasteiger partial charge in [-0.1, -0.05) is 19.8 Å². The molecular weight excluding hydrogens is 242 g/mol. The van der Waals surface area contributed by atoms with E-state index in [9.17, 15) is 4.79 Å². The minimum absolute atomic E-state index is 0. The van der Waals surface area contributed by atoms with E-state index < -0.39 is 0 Å². The number of hydrogen-bond acceptors (Lipinski definition) is 1. The molecule has 0 aliphatic carbocycles. The Morgan fingerprint density at radius 2 is 2.20 bits per heavy atom. The summed E-state index contributed by atoms with van der Waals surface area (Å²) in [5, 5.41) is 0. The van der Waals surface area contributed by atoms with Crippen LogP contribution in [0.3, 0.4) is 0 Å². The summed E-state index contributed by atoms with van der Waals surface area (Å²) in [4.78, 5) is 10.5. The molecule has 0 atom stereocenters. The molecule has 0 aliphatic heterocycles. The minimum Gasteiger partial charge on any atom is -0.333 e. The van der Waals surface area contributed by atoms with Crippen LogP contribution < -0.4 is 0 Å². The number of hydrogen-bond donors (Lipinski definition) is 0. The first-order valence-corrected chi connectivity index (χ1v) is 3.76. The van der Waals surface area contributed by atoms with Crippen LogP contribution in [-0.2, 0) is 25.2 Å². The Morgan fingerprint density at radius 3 is 2.60 bits per heavy atom. The Labute approximate surface area is 81.2 Å². The Balaban J connectivity index is 0. The number of unbranched alkanes of at least 4 members (excludes halogenated alkanes) is 2. The predicted octanol–water partition coefficient (Wildman–Crippen LogP) is 2.19. The molecule has 0 aliphatic rings. The zero-order chi connectivity index (χ0) is 7.11. The summed E-state index contributed by atoms with van der Waals surface area (Å²) in [7, 11) is 0. The van der Waals surface area contributed by atoms with Crippen LogP contribution >= 0.6 is 11.6 Å². The third kappa shape index (κ3) is 8.49. The van der Waals surface area contributed by atoms with Crippen LogP contribution in [0.2, 0.25) is 0 Å². The summed E-state index contributed by atoms with van der Waals surface area (Å²) in [5.74, 6) is 0.175. The van der Waals surface area contributed by atoms with Crippen molar-refractivity contribution in [1.82, 2.24) is 0 Å². The maximum atomic E-state index is 10.5. The topological polar surface area (TPSA) is 17.1 Å². The molecule has 10 heavy (non-hydrogen) atoms. The number of rotatable bonds is 5. The van der Waals surface area contributed by atoms with Gasteiger partial charge >= 0.3 is 0 Å². The van der Waals surface area contributed by atoms with E-state index in [1.54, 1.807) is 6.42 Å². The zero-order valence-electron chi connectivity index (χ0n) is 6.01. The molecule has 0 spiro atoms. The van der Waals surface area contributed by atoms with Crippen LogP contribution in [0.25, 0.3) is 0 Å². The maximum Gasteiger partial charge on any atom is 0.0523 e. The van der Waals surface area contributed by atoms with Gasteiger partial charge in [0.2, 0.25) is 0 Å². The van der Waals surface area contributed by atoms with E-state index in [1.807, 2.05) is 0 Å². The number of carbonyl (C=O) groups is 1. The van der Waals surface area contributed by atoms with Crippen molar-refractivity contribution in [3.63, 3.8) is 0 Å². The molecule has 0 aromatic heterocycles. The monoisotopic (exact) mass is 253 g/mol. The fourth-order valence-electron chi connectivity index (χ4n) is 0.522. The SMILES string of the molecule is CCCC[CH-]C(=O)CCl.[Pd]. The van der Waals surface area contributed by atoms with E-state index in [1.165, 1.54) is 0 Å². The number of halogens is 1. The smallest absolute Gasteiger partial charge is 0.0523 e. The Morgan fingerprint density at radius 1 is 1.60 bits per heavy atom. The van der Waals surface area contributed by atoms with Crippen molar-refractivity contribution < 1.29 is 25.2 Å². The van der Waals surface area contributed by atoms with Gasteiger partial charge in [-0.05, 0) is 0 Å². The normalized spacial score (nSPS) is 8.20. The molecule has 0 unspecified atom stereocenters. The molecule has 0 saturated carbocycles. The molecule has 0 N–H and O–H groups in total. The molecule has 3 heteroatoms. The van der Waals surface area contributed by atoms with Crippen molar-refractivity contribution in [1.29, 1.82) is 0 Å². The molecule has 0 aromatic carbocycles. The average Bonchev–Trinajstić information content (AvgIpc) is 1.89. The molecule has 64 valence electrons. The second kappa shape index (κ2) is 9.49. The van der Waals surface area contributed by atoms with Gasteiger partial charge in [0.05, 0.1) is 5.88 Å². The van der Waals surface area contributed by atoms with Gasteiger partial charge in [-0.3, -0.25) is 0 Å². The first kappa shape index (κ1) is 13.1. The number of carbonyl (C=O) groups excluding carboxylic acids is 1. The van der Waals surface area contributed by atoms with Crippen molar-refractivity contribution in [3.8, 4) is 0 Å². The minimum atomic E-state index is 0. The van der Waals surface area contributed by atoms with Gasteiger partial charge in [0.1, 0.15) is 0 Å². The van der Waals surface area contributed by atoms with Gasteiger partial charge < -0.3 is 11.2 Å². The van der Waals surface area contributed by atoms with E-state index in [-0.39, 0.29) is 32.1 Å². The first-order chi connectivity index (χ1) is 4.31. The molecule has 0 rings (SSSR count). The van der Waals surface area contributed by atoms with Crippen molar-refractivity contribution in [2.45, 2.75) is 26.2 Å². The summed E-state index contributed by atoms with van der Waals surface area (Å²) in [5.41, 5.74) is 0. The van der Waals surface area contributed by atoms with Crippen LogP contribution in [0, 0.1) is 6.42 Å². The van der Waals surface area contributed by atoms with E-state index in [0.717, 1.165) is 19.3 Å². The van der Waals surface area contributed by atoms with Gasteiger partial charge in [0.25, 0.3) is 0 Å². The maximum absolute atomic E-state index is 10.5. The average molecular weight is 254 g/mol. The van der Waals surface area contributed by atoms with Crippen LogP contribution in [0.15, 0.2) is 0 Å². The van der Waals surface area contributed by atoms with Crippen LogP contribution in [0.4, 0.5) is 0 Å². The number of ketones is 1. The summed E-state index contributed by atoms with van der Waals surface area (Å²) in [6.45, 7) is 2.10. The third-order valence-corrected chi connectivity index (χ3v) is 1.32. The van der Waals surface area contributed by atoms with Crippen LogP contribution in [0.1, 0.15) is 26.2 Å². The molecule has 1 nitrogen and oxygen atoms in total. The number of Topliss-reactive ketones (excluding diaryl/α,β-unsaturated/α-hetero) is 1. The fourth-order valence-corrected chi connectivity index (χ4v) is 0.631. The van der Waals surface area contributed by atoms with Gasteiger partial charge in [-0.25, -0.2) is 0 Å².